The maximum absolute atomic E-state index is 13.4. The van der Waals surface area contributed by atoms with Crippen LogP contribution < -0.4 is 0 Å². The van der Waals surface area contributed by atoms with Crippen molar-refractivity contribution in [2.75, 3.05) is 0 Å². The highest BCUT2D eigenvalue weighted by Gasteiger charge is 2.23. The van der Waals surface area contributed by atoms with E-state index in [0.29, 0.717) is 15.6 Å². The Morgan fingerprint density at radius 1 is 0.880 bits per heavy atom. The number of hydrogen-bond donors (Lipinski definition) is 0. The Bertz CT molecular complexity index is 1230. The fourth-order valence-corrected chi connectivity index (χ4v) is 4.88. The van der Waals surface area contributed by atoms with Crippen LogP contribution in [0, 0.1) is 13.8 Å². The Kier molecular flexibility index (Phi) is 3.70. The van der Waals surface area contributed by atoms with E-state index in [1.165, 1.54) is 3.97 Å². The average Bonchev–Trinajstić information content (AvgIpc) is 2.88. The van der Waals surface area contributed by atoms with Gasteiger partial charge in [-0.15, -0.1) is 0 Å². The molecule has 25 heavy (non-hydrogen) atoms. The third-order valence-electron chi connectivity index (χ3n) is 4.29. The smallest absolute Gasteiger partial charge is 0.249 e. The molecule has 4 aromatic rings. The molecule has 0 saturated carbocycles. The van der Waals surface area contributed by atoms with Gasteiger partial charge < -0.3 is 0 Å². The van der Waals surface area contributed by atoms with Crippen molar-refractivity contribution in [2.24, 2.45) is 0 Å². The van der Waals surface area contributed by atoms with E-state index in [0.717, 1.165) is 21.9 Å². The molecule has 0 aliphatic rings. The van der Waals surface area contributed by atoms with Gasteiger partial charge in [0.15, 0.2) is 0 Å². The van der Waals surface area contributed by atoms with E-state index in [4.69, 9.17) is 0 Å². The summed E-state index contributed by atoms with van der Waals surface area (Å²) in [6.45, 7) is 3.92. The molecule has 126 valence electrons. The Hall–Kier alpha value is -2.18. The normalized spacial score (nSPS) is 12.1. The molecule has 0 saturated heterocycles. The highest BCUT2D eigenvalue weighted by atomic mass is 79.9. The molecule has 2 heterocycles. The van der Waals surface area contributed by atoms with Gasteiger partial charge in [0.1, 0.15) is 4.60 Å². The molecule has 0 spiro atoms. The molecule has 4 rings (SSSR count). The van der Waals surface area contributed by atoms with Gasteiger partial charge in [0.05, 0.1) is 15.9 Å². The molecular formula is C19H15BrN2O2S. The third-order valence-corrected chi connectivity index (χ3v) is 6.46. The molecule has 4 nitrogen and oxygen atoms in total. The van der Waals surface area contributed by atoms with Gasteiger partial charge in [-0.25, -0.2) is 17.4 Å². The maximum atomic E-state index is 13.4. The molecule has 0 radical (unpaired) electrons. The van der Waals surface area contributed by atoms with Crippen LogP contribution in [0.25, 0.3) is 21.8 Å². The second-order valence-corrected chi connectivity index (χ2v) is 8.73. The second-order valence-electron chi connectivity index (χ2n) is 6.13. The Balaban J connectivity index is 2.15. The number of aryl methyl sites for hydroxylation is 2. The van der Waals surface area contributed by atoms with E-state index in [1.807, 2.05) is 44.2 Å². The number of nitrogens with zero attached hydrogens (tertiary/aromatic N) is 2. The van der Waals surface area contributed by atoms with Crippen LogP contribution in [-0.4, -0.2) is 17.4 Å². The topological polar surface area (TPSA) is 52.0 Å². The van der Waals surface area contributed by atoms with Crippen LogP contribution in [0.4, 0.5) is 0 Å². The first-order valence-electron chi connectivity index (χ1n) is 7.76. The van der Waals surface area contributed by atoms with Crippen LogP contribution in [0.3, 0.4) is 0 Å². The first-order chi connectivity index (χ1) is 11.9. The lowest BCUT2D eigenvalue weighted by atomic mass is 10.1. The standard InChI is InChI=1S/C19H15BrN2O2S/c1-12-3-6-14(7-4-12)25(23,24)22-17-8-5-13(2)9-15(17)16-11-21-19(20)10-18(16)22/h3-11H,1-2H3. The molecular weight excluding hydrogens is 400 g/mol. The van der Waals surface area contributed by atoms with Crippen LogP contribution in [0.15, 0.2) is 64.2 Å². The van der Waals surface area contributed by atoms with Crippen LogP contribution >= 0.6 is 15.9 Å². The minimum Gasteiger partial charge on any atom is -0.249 e. The van der Waals surface area contributed by atoms with Crippen molar-refractivity contribution in [1.29, 1.82) is 0 Å². The van der Waals surface area contributed by atoms with Gasteiger partial charge in [-0.3, -0.25) is 0 Å². The van der Waals surface area contributed by atoms with E-state index < -0.39 is 10.0 Å². The van der Waals surface area contributed by atoms with Crippen molar-refractivity contribution in [3.63, 3.8) is 0 Å². The van der Waals surface area contributed by atoms with Gasteiger partial charge in [0.25, 0.3) is 10.0 Å². The predicted octanol–water partition coefficient (Wildman–Crippen LogP) is 4.81. The van der Waals surface area contributed by atoms with Crippen molar-refractivity contribution >= 4 is 47.8 Å². The highest BCUT2D eigenvalue weighted by molar-refractivity contribution is 9.10. The van der Waals surface area contributed by atoms with Crippen molar-refractivity contribution < 1.29 is 8.42 Å². The molecule has 0 N–H and O–H groups in total. The number of rotatable bonds is 2. The summed E-state index contributed by atoms with van der Waals surface area (Å²) in [5, 5.41) is 1.70. The number of hydrogen-bond acceptors (Lipinski definition) is 3. The van der Waals surface area contributed by atoms with Crippen LogP contribution in [0.2, 0.25) is 0 Å². The number of aromatic nitrogens is 2. The summed E-state index contributed by atoms with van der Waals surface area (Å²) in [6, 6.07) is 14.4. The van der Waals surface area contributed by atoms with Gasteiger partial charge in [-0.1, -0.05) is 29.3 Å². The first kappa shape index (κ1) is 16.3. The molecule has 0 aliphatic carbocycles. The lowest BCUT2D eigenvalue weighted by Crippen LogP contribution is -2.12. The minimum absolute atomic E-state index is 0.269. The summed E-state index contributed by atoms with van der Waals surface area (Å²) in [7, 11) is -3.73. The molecule has 2 aromatic carbocycles. The third kappa shape index (κ3) is 2.56. The zero-order valence-electron chi connectivity index (χ0n) is 13.7. The van der Waals surface area contributed by atoms with Gasteiger partial charge in [-0.05, 0) is 60.1 Å². The summed E-state index contributed by atoms with van der Waals surface area (Å²) in [4.78, 5) is 4.54. The predicted molar refractivity (Wildman–Crippen MR) is 103 cm³/mol. The molecule has 0 bridgehead atoms. The van der Waals surface area contributed by atoms with E-state index in [-0.39, 0.29) is 4.90 Å². The van der Waals surface area contributed by atoms with Crippen molar-refractivity contribution in [2.45, 2.75) is 18.7 Å². The first-order valence-corrected chi connectivity index (χ1v) is 10.00. The lowest BCUT2D eigenvalue weighted by Gasteiger charge is -2.10. The number of benzene rings is 2. The van der Waals surface area contributed by atoms with E-state index in [9.17, 15) is 8.42 Å². The van der Waals surface area contributed by atoms with Crippen LogP contribution in [-0.2, 0) is 10.0 Å². The van der Waals surface area contributed by atoms with E-state index in [1.54, 1.807) is 24.4 Å². The molecule has 0 aliphatic heterocycles. The molecule has 0 amide bonds. The summed E-state index contributed by atoms with van der Waals surface area (Å²) in [5.74, 6) is 0. The zero-order valence-corrected chi connectivity index (χ0v) is 16.1. The average molecular weight is 415 g/mol. The summed E-state index contributed by atoms with van der Waals surface area (Å²) in [6.07, 6.45) is 1.71. The minimum atomic E-state index is -3.73. The SMILES string of the molecule is Cc1ccc(S(=O)(=O)n2c3ccc(C)cc3c3cnc(Br)cc32)cc1. The Labute approximate surface area is 154 Å². The van der Waals surface area contributed by atoms with Gasteiger partial charge in [0, 0.05) is 17.0 Å². The Morgan fingerprint density at radius 2 is 1.56 bits per heavy atom. The van der Waals surface area contributed by atoms with E-state index >= 15 is 0 Å². The zero-order chi connectivity index (χ0) is 17.8. The number of fused-ring (bicyclic) bond motifs is 3. The molecule has 2 aromatic heterocycles. The largest absolute Gasteiger partial charge is 0.268 e. The maximum Gasteiger partial charge on any atom is 0.268 e. The van der Waals surface area contributed by atoms with E-state index in [2.05, 4.69) is 20.9 Å². The summed E-state index contributed by atoms with van der Waals surface area (Å²) >= 11 is 3.35. The monoisotopic (exact) mass is 414 g/mol. The molecule has 0 fully saturated rings. The van der Waals surface area contributed by atoms with Gasteiger partial charge >= 0.3 is 0 Å². The highest BCUT2D eigenvalue weighted by Crippen LogP contribution is 2.33. The van der Waals surface area contributed by atoms with Gasteiger partial charge in [0.2, 0.25) is 0 Å². The van der Waals surface area contributed by atoms with Crippen molar-refractivity contribution in [3.05, 3.63) is 70.5 Å². The van der Waals surface area contributed by atoms with Crippen LogP contribution in [0.1, 0.15) is 11.1 Å². The summed E-state index contributed by atoms with van der Waals surface area (Å²) in [5.41, 5.74) is 3.36. The van der Waals surface area contributed by atoms with Gasteiger partial charge in [-0.2, -0.15) is 0 Å². The fourth-order valence-electron chi connectivity index (χ4n) is 3.04. The lowest BCUT2D eigenvalue weighted by molar-refractivity contribution is 0.590. The molecule has 0 atom stereocenters. The van der Waals surface area contributed by atoms with Crippen molar-refractivity contribution in [3.8, 4) is 0 Å². The fraction of sp³-hybridized carbons (Fsp3) is 0.105. The molecule has 6 heteroatoms. The second kappa shape index (κ2) is 5.68. The number of pyridine rings is 1. The summed E-state index contributed by atoms with van der Waals surface area (Å²) < 4.78 is 28.7. The van der Waals surface area contributed by atoms with Crippen molar-refractivity contribution in [1.82, 2.24) is 8.96 Å². The Morgan fingerprint density at radius 3 is 2.28 bits per heavy atom. The quantitative estimate of drug-likeness (QED) is 0.442. The van der Waals surface area contributed by atoms with Crippen LogP contribution in [0.5, 0.6) is 0 Å². The number of halogens is 1. The molecule has 0 unspecified atom stereocenters.